The van der Waals surface area contributed by atoms with Crippen molar-refractivity contribution in [1.82, 2.24) is 15.1 Å². The first kappa shape index (κ1) is 18.7. The summed E-state index contributed by atoms with van der Waals surface area (Å²) in [6.07, 6.45) is 3.08. The number of nitrogens with zero attached hydrogens (tertiary/aromatic N) is 2. The summed E-state index contributed by atoms with van der Waals surface area (Å²) in [6.45, 7) is 3.10. The van der Waals surface area contributed by atoms with E-state index in [4.69, 9.17) is 0 Å². The highest BCUT2D eigenvalue weighted by molar-refractivity contribution is 6.07. The van der Waals surface area contributed by atoms with Gasteiger partial charge in [-0.3, -0.25) is 9.69 Å². The Morgan fingerprint density at radius 3 is 1.89 bits per heavy atom. The highest BCUT2D eigenvalue weighted by atomic mass is 16.2. The summed E-state index contributed by atoms with van der Waals surface area (Å²) < 4.78 is 0. The molecule has 2 aliphatic heterocycles. The van der Waals surface area contributed by atoms with Crippen molar-refractivity contribution in [3.8, 4) is 0 Å². The lowest BCUT2D eigenvalue weighted by Gasteiger charge is -2.37. The second-order valence-electron chi connectivity index (χ2n) is 7.78. The number of nitrogens with one attached hydrogen (secondary N) is 1. The minimum absolute atomic E-state index is 0.0452. The molecule has 1 N–H and O–H groups in total. The molecule has 0 aliphatic carbocycles. The Labute approximate surface area is 166 Å². The zero-order valence-corrected chi connectivity index (χ0v) is 16.1. The van der Waals surface area contributed by atoms with Gasteiger partial charge in [0.05, 0.1) is 0 Å². The van der Waals surface area contributed by atoms with Crippen LogP contribution in [0.1, 0.15) is 24.0 Å². The van der Waals surface area contributed by atoms with Crippen LogP contribution in [0.4, 0.5) is 4.79 Å². The summed E-state index contributed by atoms with van der Waals surface area (Å²) in [6, 6.07) is 20.2. The van der Waals surface area contributed by atoms with Crippen LogP contribution < -0.4 is 5.32 Å². The molecular formula is C23H27N3O2. The fourth-order valence-corrected chi connectivity index (χ4v) is 4.19. The molecule has 0 bridgehead atoms. The third-order valence-electron chi connectivity index (χ3n) is 5.98. The number of urea groups is 1. The van der Waals surface area contributed by atoms with Gasteiger partial charge in [0.2, 0.25) is 0 Å². The fraction of sp³-hybridized carbons (Fsp3) is 0.391. The summed E-state index contributed by atoms with van der Waals surface area (Å²) in [4.78, 5) is 29.3. The maximum absolute atomic E-state index is 13.0. The molecule has 28 heavy (non-hydrogen) atoms. The van der Waals surface area contributed by atoms with Gasteiger partial charge in [-0.25, -0.2) is 4.79 Å². The molecule has 0 aromatic heterocycles. The van der Waals surface area contributed by atoms with Crippen LogP contribution in [0.3, 0.4) is 0 Å². The van der Waals surface area contributed by atoms with Crippen molar-refractivity contribution in [3.63, 3.8) is 0 Å². The van der Waals surface area contributed by atoms with Crippen LogP contribution in [0, 0.1) is 0 Å². The Hall–Kier alpha value is -2.66. The third kappa shape index (κ3) is 3.94. The van der Waals surface area contributed by atoms with Gasteiger partial charge < -0.3 is 10.2 Å². The van der Waals surface area contributed by atoms with Crippen molar-refractivity contribution in [2.24, 2.45) is 0 Å². The van der Waals surface area contributed by atoms with E-state index in [9.17, 15) is 9.59 Å². The lowest BCUT2D eigenvalue weighted by atomic mass is 9.87. The molecule has 5 heteroatoms. The molecule has 2 aliphatic rings. The Morgan fingerprint density at radius 1 is 0.786 bits per heavy atom. The highest BCUT2D eigenvalue weighted by Gasteiger charge is 2.51. The van der Waals surface area contributed by atoms with Crippen molar-refractivity contribution in [3.05, 3.63) is 71.8 Å². The highest BCUT2D eigenvalue weighted by Crippen LogP contribution is 2.29. The number of benzene rings is 2. The number of imide groups is 1. The van der Waals surface area contributed by atoms with Gasteiger partial charge in [0.1, 0.15) is 5.54 Å². The lowest BCUT2D eigenvalue weighted by Crippen LogP contribution is -2.55. The van der Waals surface area contributed by atoms with E-state index in [1.165, 1.54) is 10.5 Å². The molecule has 2 aromatic carbocycles. The van der Waals surface area contributed by atoms with Crippen LogP contribution in [0.2, 0.25) is 0 Å². The number of carbonyl (C=O) groups is 2. The number of hydrogen-bond acceptors (Lipinski definition) is 3. The standard InChI is InChI=1S/C23H27N3O2/c27-21-23(24-22(28)26(21)16-12-20-9-5-2-6-10-20)13-17-25(18-14-23)15-11-19-7-3-1-4-8-19/h1-10H,11-18H2,(H,24,28). The van der Waals surface area contributed by atoms with Gasteiger partial charge in [0, 0.05) is 26.2 Å². The van der Waals surface area contributed by atoms with E-state index >= 15 is 0 Å². The Morgan fingerprint density at radius 2 is 1.32 bits per heavy atom. The van der Waals surface area contributed by atoms with E-state index in [1.807, 2.05) is 36.4 Å². The number of hydrogen-bond donors (Lipinski definition) is 1. The van der Waals surface area contributed by atoms with E-state index < -0.39 is 5.54 Å². The average molecular weight is 377 g/mol. The van der Waals surface area contributed by atoms with Gasteiger partial charge in [-0.1, -0.05) is 60.7 Å². The normalized spacial score (nSPS) is 19.2. The number of piperidine rings is 1. The smallest absolute Gasteiger partial charge is 0.323 e. The Bertz CT molecular complexity index is 814. The lowest BCUT2D eigenvalue weighted by molar-refractivity contribution is -0.132. The summed E-state index contributed by atoms with van der Waals surface area (Å²) in [5, 5.41) is 3.01. The number of rotatable bonds is 6. The molecule has 2 fully saturated rings. The van der Waals surface area contributed by atoms with Crippen LogP contribution in [-0.4, -0.2) is 53.5 Å². The molecule has 4 rings (SSSR count). The maximum Gasteiger partial charge on any atom is 0.325 e. The van der Waals surface area contributed by atoms with Crippen molar-refractivity contribution < 1.29 is 9.59 Å². The van der Waals surface area contributed by atoms with Gasteiger partial charge >= 0.3 is 6.03 Å². The van der Waals surface area contributed by atoms with E-state index in [0.717, 1.165) is 31.6 Å². The van der Waals surface area contributed by atoms with Gasteiger partial charge in [-0.15, -0.1) is 0 Å². The Kier molecular flexibility index (Phi) is 5.44. The van der Waals surface area contributed by atoms with Gasteiger partial charge in [-0.2, -0.15) is 0 Å². The molecule has 3 amide bonds. The van der Waals surface area contributed by atoms with E-state index in [2.05, 4.69) is 34.5 Å². The zero-order valence-electron chi connectivity index (χ0n) is 16.1. The SMILES string of the molecule is O=C1NC2(CCN(CCc3ccccc3)CC2)C(=O)N1CCc1ccccc1. The van der Waals surface area contributed by atoms with Gasteiger partial charge in [0.25, 0.3) is 5.91 Å². The predicted molar refractivity (Wildman–Crippen MR) is 109 cm³/mol. The summed E-state index contributed by atoms with van der Waals surface area (Å²) in [5.41, 5.74) is 1.77. The van der Waals surface area contributed by atoms with Crippen LogP contribution in [0.15, 0.2) is 60.7 Å². The van der Waals surface area contributed by atoms with Crippen LogP contribution in [0.5, 0.6) is 0 Å². The predicted octanol–water partition coefficient (Wildman–Crippen LogP) is 2.86. The quantitative estimate of drug-likeness (QED) is 0.788. The molecule has 2 saturated heterocycles. The van der Waals surface area contributed by atoms with Crippen LogP contribution in [0.25, 0.3) is 0 Å². The summed E-state index contributed by atoms with van der Waals surface area (Å²) >= 11 is 0. The average Bonchev–Trinajstić information content (AvgIpc) is 2.97. The minimum Gasteiger partial charge on any atom is -0.323 e. The third-order valence-corrected chi connectivity index (χ3v) is 5.98. The largest absolute Gasteiger partial charge is 0.325 e. The molecule has 2 aromatic rings. The van der Waals surface area contributed by atoms with E-state index in [0.29, 0.717) is 25.8 Å². The molecule has 2 heterocycles. The number of likely N-dealkylation sites (tertiary alicyclic amines) is 1. The molecule has 0 radical (unpaired) electrons. The molecule has 0 atom stereocenters. The molecule has 5 nitrogen and oxygen atoms in total. The molecule has 0 saturated carbocycles. The molecule has 0 unspecified atom stereocenters. The first-order valence-electron chi connectivity index (χ1n) is 10.1. The van der Waals surface area contributed by atoms with E-state index in [-0.39, 0.29) is 11.9 Å². The minimum atomic E-state index is -0.697. The van der Waals surface area contributed by atoms with E-state index in [1.54, 1.807) is 0 Å². The van der Waals surface area contributed by atoms with Crippen molar-refractivity contribution >= 4 is 11.9 Å². The fourth-order valence-electron chi connectivity index (χ4n) is 4.19. The van der Waals surface area contributed by atoms with Gasteiger partial charge in [0.15, 0.2) is 0 Å². The second-order valence-corrected chi connectivity index (χ2v) is 7.78. The monoisotopic (exact) mass is 377 g/mol. The first-order chi connectivity index (χ1) is 13.7. The summed E-state index contributed by atoms with van der Waals surface area (Å²) in [7, 11) is 0. The topological polar surface area (TPSA) is 52.7 Å². The zero-order chi connectivity index (χ0) is 19.4. The van der Waals surface area contributed by atoms with Crippen LogP contribution in [-0.2, 0) is 17.6 Å². The van der Waals surface area contributed by atoms with Crippen LogP contribution >= 0.6 is 0 Å². The van der Waals surface area contributed by atoms with Crippen molar-refractivity contribution in [2.75, 3.05) is 26.2 Å². The summed E-state index contributed by atoms with van der Waals surface area (Å²) in [5.74, 6) is -0.0452. The number of amides is 3. The molecular weight excluding hydrogens is 350 g/mol. The number of carbonyl (C=O) groups excluding carboxylic acids is 2. The van der Waals surface area contributed by atoms with Crippen molar-refractivity contribution in [1.29, 1.82) is 0 Å². The second kappa shape index (κ2) is 8.15. The molecule has 146 valence electrons. The Balaban J connectivity index is 1.31. The molecule has 1 spiro atoms. The maximum atomic E-state index is 13.0. The van der Waals surface area contributed by atoms with Crippen molar-refractivity contribution in [2.45, 2.75) is 31.2 Å². The first-order valence-corrected chi connectivity index (χ1v) is 10.1. The van der Waals surface area contributed by atoms with Gasteiger partial charge in [-0.05, 0) is 36.8 Å².